The molecule has 0 saturated carbocycles. The van der Waals surface area contributed by atoms with Crippen molar-refractivity contribution in [2.45, 2.75) is 6.23 Å². The van der Waals surface area contributed by atoms with Crippen molar-refractivity contribution in [3.63, 3.8) is 0 Å². The van der Waals surface area contributed by atoms with Gasteiger partial charge in [0, 0.05) is 0 Å². The van der Waals surface area contributed by atoms with E-state index in [9.17, 15) is 4.79 Å². The summed E-state index contributed by atoms with van der Waals surface area (Å²) in [5.41, 5.74) is 0.702. The summed E-state index contributed by atoms with van der Waals surface area (Å²) in [5, 5.41) is 3.32. The van der Waals surface area contributed by atoms with Crippen molar-refractivity contribution in [2.75, 3.05) is 12.4 Å². The monoisotopic (exact) mass is 213 g/mol. The van der Waals surface area contributed by atoms with Crippen LogP contribution in [0.3, 0.4) is 0 Å². The van der Waals surface area contributed by atoms with Crippen LogP contribution >= 0.6 is 11.6 Å². The lowest BCUT2D eigenvalue weighted by atomic mass is 10.3. The second-order valence-corrected chi connectivity index (χ2v) is 3.19. The van der Waals surface area contributed by atoms with E-state index < -0.39 is 12.2 Å². The number of anilines is 1. The molecule has 0 unspecified atom stereocenters. The van der Waals surface area contributed by atoms with Gasteiger partial charge in [-0.3, -0.25) is 0 Å². The number of fused-ring (bicyclic) bond motifs is 1. The fourth-order valence-corrected chi connectivity index (χ4v) is 1.46. The maximum Gasteiger partial charge on any atom is 0.368 e. The second kappa shape index (κ2) is 3.38. The molecule has 0 aromatic heterocycles. The highest BCUT2D eigenvalue weighted by Gasteiger charge is 2.30. The number of halogens is 1. The van der Waals surface area contributed by atoms with Crippen LogP contribution in [0.2, 0.25) is 5.02 Å². The lowest BCUT2D eigenvalue weighted by Gasteiger charge is -2.07. The van der Waals surface area contributed by atoms with Crippen molar-refractivity contribution in [2.24, 2.45) is 0 Å². The number of carbonyl (C=O) groups excluding carboxylic acids is 1. The van der Waals surface area contributed by atoms with E-state index in [1.807, 2.05) is 0 Å². The fraction of sp³-hybridized carbons (Fsp3) is 0.222. The molecule has 1 atom stereocenters. The zero-order valence-electron chi connectivity index (χ0n) is 7.41. The molecule has 5 heteroatoms. The number of methoxy groups -OCH3 is 1. The third-order valence-electron chi connectivity index (χ3n) is 1.90. The van der Waals surface area contributed by atoms with Gasteiger partial charge in [-0.05, 0) is 12.1 Å². The number of para-hydroxylation sites is 1. The van der Waals surface area contributed by atoms with Crippen molar-refractivity contribution in [3.05, 3.63) is 23.2 Å². The first kappa shape index (κ1) is 9.15. The molecule has 1 aromatic rings. The number of hydrogen-bond acceptors (Lipinski definition) is 4. The third-order valence-corrected chi connectivity index (χ3v) is 2.20. The average Bonchev–Trinajstić information content (AvgIpc) is 2.62. The van der Waals surface area contributed by atoms with Gasteiger partial charge >= 0.3 is 5.97 Å². The maximum absolute atomic E-state index is 11.1. The normalized spacial score (nSPS) is 18.0. The van der Waals surface area contributed by atoms with Crippen LogP contribution in [0.1, 0.15) is 0 Å². The van der Waals surface area contributed by atoms with E-state index in [-0.39, 0.29) is 0 Å². The zero-order valence-corrected chi connectivity index (χ0v) is 8.17. The van der Waals surface area contributed by atoms with Gasteiger partial charge in [0.2, 0.25) is 0 Å². The largest absolute Gasteiger partial charge is 0.465 e. The molecule has 74 valence electrons. The van der Waals surface area contributed by atoms with Crippen LogP contribution in [-0.4, -0.2) is 19.3 Å². The number of rotatable bonds is 1. The third kappa shape index (κ3) is 1.37. The summed E-state index contributed by atoms with van der Waals surface area (Å²) in [4.78, 5) is 11.1. The molecule has 1 heterocycles. The van der Waals surface area contributed by atoms with E-state index in [0.717, 1.165) is 0 Å². The van der Waals surface area contributed by atoms with Gasteiger partial charge in [-0.2, -0.15) is 0 Å². The Morgan fingerprint density at radius 3 is 3.07 bits per heavy atom. The molecule has 0 radical (unpaired) electrons. The second-order valence-electron chi connectivity index (χ2n) is 2.78. The van der Waals surface area contributed by atoms with Crippen LogP contribution in [0.5, 0.6) is 5.75 Å². The minimum atomic E-state index is -0.796. The SMILES string of the molecule is COC(=O)[C@@H]1Nc2cccc(Cl)c2O1. The molecular formula is C9H8ClNO3. The number of ether oxygens (including phenoxy) is 2. The van der Waals surface area contributed by atoms with Gasteiger partial charge in [0.1, 0.15) is 0 Å². The van der Waals surface area contributed by atoms with Crippen LogP contribution < -0.4 is 10.1 Å². The van der Waals surface area contributed by atoms with Crippen LogP contribution in [0, 0.1) is 0 Å². The van der Waals surface area contributed by atoms with Gasteiger partial charge in [-0.1, -0.05) is 17.7 Å². The summed E-state index contributed by atoms with van der Waals surface area (Å²) in [6.45, 7) is 0. The van der Waals surface area contributed by atoms with E-state index in [1.54, 1.807) is 18.2 Å². The average molecular weight is 214 g/mol. The number of nitrogens with one attached hydrogen (secondary N) is 1. The standard InChI is InChI=1S/C9H8ClNO3/c1-13-9(12)8-11-6-4-2-3-5(10)7(6)14-8/h2-4,8,11H,1H3/t8-/m1/s1. The van der Waals surface area contributed by atoms with Crippen LogP contribution in [0.15, 0.2) is 18.2 Å². The van der Waals surface area contributed by atoms with Crippen LogP contribution in [0.25, 0.3) is 0 Å². The van der Waals surface area contributed by atoms with Crippen molar-refractivity contribution in [1.82, 2.24) is 0 Å². The van der Waals surface area contributed by atoms with Crippen LogP contribution in [-0.2, 0) is 9.53 Å². The van der Waals surface area contributed by atoms with Crippen molar-refractivity contribution >= 4 is 23.3 Å². The topological polar surface area (TPSA) is 47.6 Å². The molecule has 0 bridgehead atoms. The van der Waals surface area contributed by atoms with E-state index in [2.05, 4.69) is 10.1 Å². The fourth-order valence-electron chi connectivity index (χ4n) is 1.24. The van der Waals surface area contributed by atoms with Gasteiger partial charge in [0.25, 0.3) is 6.23 Å². The van der Waals surface area contributed by atoms with Gasteiger partial charge < -0.3 is 14.8 Å². The summed E-state index contributed by atoms with van der Waals surface area (Å²) in [5.74, 6) is 0.0156. The zero-order chi connectivity index (χ0) is 10.1. The van der Waals surface area contributed by atoms with Gasteiger partial charge in [-0.15, -0.1) is 0 Å². The first-order valence-electron chi connectivity index (χ1n) is 4.02. The minimum Gasteiger partial charge on any atom is -0.465 e. The highest BCUT2D eigenvalue weighted by molar-refractivity contribution is 6.32. The Morgan fingerprint density at radius 1 is 1.64 bits per heavy atom. The lowest BCUT2D eigenvalue weighted by molar-refractivity contribution is -0.146. The molecule has 0 saturated heterocycles. The molecule has 4 nitrogen and oxygen atoms in total. The Labute approximate surface area is 85.8 Å². The molecule has 0 aliphatic carbocycles. The molecule has 0 amide bonds. The molecule has 1 aromatic carbocycles. The van der Waals surface area contributed by atoms with E-state index in [4.69, 9.17) is 16.3 Å². The molecule has 2 rings (SSSR count). The Balaban J connectivity index is 2.26. The molecule has 0 spiro atoms. The molecule has 1 aliphatic heterocycles. The smallest absolute Gasteiger partial charge is 0.368 e. The number of benzene rings is 1. The maximum atomic E-state index is 11.1. The van der Waals surface area contributed by atoms with E-state index >= 15 is 0 Å². The van der Waals surface area contributed by atoms with Crippen molar-refractivity contribution in [1.29, 1.82) is 0 Å². The van der Waals surface area contributed by atoms with Crippen LogP contribution in [0.4, 0.5) is 5.69 Å². The quantitative estimate of drug-likeness (QED) is 0.721. The predicted molar refractivity (Wildman–Crippen MR) is 51.5 cm³/mol. The Morgan fingerprint density at radius 2 is 2.43 bits per heavy atom. The molecule has 14 heavy (non-hydrogen) atoms. The van der Waals surface area contributed by atoms with Crippen molar-refractivity contribution < 1.29 is 14.3 Å². The summed E-state index contributed by atoms with van der Waals surface area (Å²) < 4.78 is 9.81. The summed E-state index contributed by atoms with van der Waals surface area (Å²) in [7, 11) is 1.30. The first-order chi connectivity index (χ1) is 6.72. The molecule has 0 fully saturated rings. The van der Waals surface area contributed by atoms with Gasteiger partial charge in [0.15, 0.2) is 5.75 Å². The number of esters is 1. The first-order valence-corrected chi connectivity index (χ1v) is 4.39. The molecule has 1 aliphatic rings. The van der Waals surface area contributed by atoms with Gasteiger partial charge in [0.05, 0.1) is 17.8 Å². The minimum absolute atomic E-state index is 0.474. The highest BCUT2D eigenvalue weighted by Crippen LogP contribution is 2.38. The summed E-state index contributed by atoms with van der Waals surface area (Å²) in [6, 6.07) is 5.25. The Kier molecular flexibility index (Phi) is 2.21. The van der Waals surface area contributed by atoms with Gasteiger partial charge in [-0.25, -0.2) is 4.79 Å². The summed E-state index contributed by atoms with van der Waals surface area (Å²) in [6.07, 6.45) is -0.796. The van der Waals surface area contributed by atoms with Crippen molar-refractivity contribution in [3.8, 4) is 5.75 Å². The van der Waals surface area contributed by atoms with E-state index in [0.29, 0.717) is 16.5 Å². The predicted octanol–water partition coefficient (Wildman–Crippen LogP) is 1.64. The Hall–Kier alpha value is -1.42. The highest BCUT2D eigenvalue weighted by atomic mass is 35.5. The summed E-state index contributed by atoms with van der Waals surface area (Å²) >= 11 is 5.87. The Bertz CT molecular complexity index is 380. The van der Waals surface area contributed by atoms with E-state index in [1.165, 1.54) is 7.11 Å². The number of carbonyl (C=O) groups is 1. The lowest BCUT2D eigenvalue weighted by Crippen LogP contribution is -2.31. The molecular weight excluding hydrogens is 206 g/mol. The number of hydrogen-bond donors (Lipinski definition) is 1. The molecule has 1 N–H and O–H groups in total.